The Labute approximate surface area is 183 Å². The Balaban J connectivity index is 0.00000256. The molecule has 3 atom stereocenters. The average molecular weight is 430 g/mol. The van der Waals surface area contributed by atoms with Gasteiger partial charge in [0.25, 0.3) is 5.91 Å². The molecule has 2 saturated heterocycles. The first kappa shape index (κ1) is 22.3. The zero-order valence-corrected chi connectivity index (χ0v) is 18.0. The molecule has 8 heteroatoms. The lowest BCUT2D eigenvalue weighted by Crippen LogP contribution is -2.55. The number of carbonyl (C=O) groups is 1. The number of amides is 1. The van der Waals surface area contributed by atoms with Gasteiger partial charge in [-0.2, -0.15) is 5.26 Å². The summed E-state index contributed by atoms with van der Waals surface area (Å²) in [6, 6.07) is 9.97. The lowest BCUT2D eigenvalue weighted by atomic mass is 10.1. The van der Waals surface area contributed by atoms with E-state index < -0.39 is 6.10 Å². The number of nitriles is 1. The Morgan fingerprint density at radius 2 is 2.20 bits per heavy atom. The van der Waals surface area contributed by atoms with E-state index in [4.69, 9.17) is 4.74 Å². The summed E-state index contributed by atoms with van der Waals surface area (Å²) in [7, 11) is 0. The van der Waals surface area contributed by atoms with Gasteiger partial charge < -0.3 is 20.3 Å². The molecule has 1 aromatic carbocycles. The third-order valence-corrected chi connectivity index (χ3v) is 5.65. The van der Waals surface area contributed by atoms with Gasteiger partial charge >= 0.3 is 0 Å². The fraction of sp³-hybridized carbons (Fsp3) is 0.500. The van der Waals surface area contributed by atoms with Crippen LogP contribution in [0.15, 0.2) is 30.5 Å². The van der Waals surface area contributed by atoms with E-state index in [1.807, 2.05) is 25.1 Å². The Hall–Kier alpha value is -2.40. The summed E-state index contributed by atoms with van der Waals surface area (Å²) in [5.41, 5.74) is 2.23. The second kappa shape index (κ2) is 10.1. The maximum atomic E-state index is 12.9. The second-order valence-corrected chi connectivity index (χ2v) is 7.89. The molecule has 1 unspecified atom stereocenters. The number of nitrogens with one attached hydrogen (secondary N) is 2. The van der Waals surface area contributed by atoms with Gasteiger partial charge in [-0.05, 0) is 50.6 Å². The second-order valence-electron chi connectivity index (χ2n) is 7.89. The molecule has 0 radical (unpaired) electrons. The average Bonchev–Trinajstić information content (AvgIpc) is 3.01. The molecule has 2 N–H and O–H groups in total. The summed E-state index contributed by atoms with van der Waals surface area (Å²) < 4.78 is 5.99. The van der Waals surface area contributed by atoms with Crippen molar-refractivity contribution in [1.29, 1.82) is 5.26 Å². The van der Waals surface area contributed by atoms with E-state index in [-0.39, 0.29) is 30.5 Å². The van der Waals surface area contributed by atoms with Crippen LogP contribution >= 0.6 is 12.4 Å². The number of carbonyl (C=O) groups excluding carboxylic acids is 1. The smallest absolute Gasteiger partial charge is 0.251 e. The fourth-order valence-electron chi connectivity index (χ4n) is 4.25. The van der Waals surface area contributed by atoms with E-state index in [0.717, 1.165) is 43.4 Å². The highest BCUT2D eigenvalue weighted by molar-refractivity contribution is 5.95. The van der Waals surface area contributed by atoms with Crippen LogP contribution in [-0.4, -0.2) is 55.3 Å². The molecule has 0 spiro atoms. The van der Waals surface area contributed by atoms with Gasteiger partial charge in [-0.15, -0.1) is 12.4 Å². The number of rotatable bonds is 3. The van der Waals surface area contributed by atoms with Crippen LogP contribution in [0.1, 0.15) is 31.7 Å². The topological polar surface area (TPSA) is 90.3 Å². The molecule has 0 saturated carbocycles. The SMILES string of the molecule is C[C@@H]1CN(c2ccc(C#N)c3ncccc23)C[C@H](C(=O)NC2CCCCNC2)O1.Cl. The van der Waals surface area contributed by atoms with Crippen molar-refractivity contribution < 1.29 is 9.53 Å². The Morgan fingerprint density at radius 1 is 1.33 bits per heavy atom. The molecular weight excluding hydrogens is 402 g/mol. The van der Waals surface area contributed by atoms with E-state index >= 15 is 0 Å². The van der Waals surface area contributed by atoms with Crippen LogP contribution in [0.3, 0.4) is 0 Å². The largest absolute Gasteiger partial charge is 0.365 e. The molecule has 2 fully saturated rings. The van der Waals surface area contributed by atoms with Gasteiger partial charge in [-0.1, -0.05) is 6.42 Å². The third-order valence-electron chi connectivity index (χ3n) is 5.65. The van der Waals surface area contributed by atoms with E-state index in [1.165, 1.54) is 0 Å². The van der Waals surface area contributed by atoms with Crippen LogP contribution in [0.5, 0.6) is 0 Å². The van der Waals surface area contributed by atoms with Crippen LogP contribution in [0.2, 0.25) is 0 Å². The molecule has 0 aliphatic carbocycles. The van der Waals surface area contributed by atoms with Crippen molar-refractivity contribution in [2.75, 3.05) is 31.1 Å². The number of halogens is 1. The number of ether oxygens (including phenoxy) is 1. The maximum Gasteiger partial charge on any atom is 0.251 e. The van der Waals surface area contributed by atoms with Gasteiger partial charge in [0, 0.05) is 36.4 Å². The molecule has 30 heavy (non-hydrogen) atoms. The van der Waals surface area contributed by atoms with Crippen LogP contribution in [0, 0.1) is 11.3 Å². The number of anilines is 1. The van der Waals surface area contributed by atoms with Crippen molar-refractivity contribution in [2.24, 2.45) is 0 Å². The minimum atomic E-state index is -0.524. The van der Waals surface area contributed by atoms with E-state index in [2.05, 4.69) is 26.6 Å². The van der Waals surface area contributed by atoms with Gasteiger partial charge in [0.2, 0.25) is 0 Å². The molecular formula is C22H28ClN5O2. The Bertz CT molecular complexity index is 923. The van der Waals surface area contributed by atoms with Gasteiger partial charge in [0.15, 0.2) is 6.10 Å². The summed E-state index contributed by atoms with van der Waals surface area (Å²) in [5, 5.41) is 16.9. The van der Waals surface area contributed by atoms with Crippen molar-refractivity contribution >= 4 is 34.9 Å². The number of morpholine rings is 1. The summed E-state index contributed by atoms with van der Waals surface area (Å²) in [4.78, 5) is 19.5. The van der Waals surface area contributed by atoms with E-state index in [9.17, 15) is 10.1 Å². The fourth-order valence-corrected chi connectivity index (χ4v) is 4.25. The summed E-state index contributed by atoms with van der Waals surface area (Å²) in [6.45, 7) is 4.97. The molecule has 2 aliphatic heterocycles. The molecule has 1 amide bonds. The lowest BCUT2D eigenvalue weighted by Gasteiger charge is -2.38. The minimum Gasteiger partial charge on any atom is -0.365 e. The first-order valence-corrected chi connectivity index (χ1v) is 10.3. The monoisotopic (exact) mass is 429 g/mol. The van der Waals surface area contributed by atoms with Crippen molar-refractivity contribution in [3.05, 3.63) is 36.0 Å². The first-order valence-electron chi connectivity index (χ1n) is 10.3. The quantitative estimate of drug-likeness (QED) is 0.778. The molecule has 2 aliphatic rings. The molecule has 3 heterocycles. The van der Waals surface area contributed by atoms with Crippen LogP contribution in [0.25, 0.3) is 10.9 Å². The minimum absolute atomic E-state index is 0. The summed E-state index contributed by atoms with van der Waals surface area (Å²) in [5.74, 6) is -0.0497. The van der Waals surface area contributed by atoms with Crippen molar-refractivity contribution in [2.45, 2.75) is 44.4 Å². The number of pyridine rings is 1. The number of hydrogen-bond donors (Lipinski definition) is 2. The molecule has 160 valence electrons. The van der Waals surface area contributed by atoms with Crippen LogP contribution in [-0.2, 0) is 9.53 Å². The maximum absolute atomic E-state index is 12.9. The summed E-state index contributed by atoms with van der Waals surface area (Å²) in [6.07, 6.45) is 4.37. The predicted octanol–water partition coefficient (Wildman–Crippen LogP) is 2.38. The Morgan fingerprint density at radius 3 is 3.03 bits per heavy atom. The first-order chi connectivity index (χ1) is 14.2. The molecule has 2 aromatic rings. The van der Waals surface area contributed by atoms with Crippen LogP contribution in [0.4, 0.5) is 5.69 Å². The third kappa shape index (κ3) is 4.84. The van der Waals surface area contributed by atoms with Crippen molar-refractivity contribution in [1.82, 2.24) is 15.6 Å². The molecule has 7 nitrogen and oxygen atoms in total. The highest BCUT2D eigenvalue weighted by Gasteiger charge is 2.32. The van der Waals surface area contributed by atoms with Gasteiger partial charge in [0.05, 0.1) is 23.7 Å². The number of nitrogens with zero attached hydrogens (tertiary/aromatic N) is 3. The molecule has 0 bridgehead atoms. The highest BCUT2D eigenvalue weighted by Crippen LogP contribution is 2.30. The molecule has 1 aromatic heterocycles. The predicted molar refractivity (Wildman–Crippen MR) is 119 cm³/mol. The van der Waals surface area contributed by atoms with Crippen molar-refractivity contribution in [3.63, 3.8) is 0 Å². The number of fused-ring (bicyclic) bond motifs is 1. The van der Waals surface area contributed by atoms with Gasteiger partial charge in [-0.25, -0.2) is 0 Å². The summed E-state index contributed by atoms with van der Waals surface area (Å²) >= 11 is 0. The number of hydrogen-bond acceptors (Lipinski definition) is 6. The van der Waals surface area contributed by atoms with Gasteiger partial charge in [0.1, 0.15) is 6.07 Å². The Kier molecular flexibility index (Phi) is 7.48. The zero-order chi connectivity index (χ0) is 20.2. The highest BCUT2D eigenvalue weighted by atomic mass is 35.5. The standard InChI is InChI=1S/C22H27N5O2.ClH/c1-15-13-27(19-8-7-16(11-23)21-18(19)6-4-10-25-21)14-20(29-15)22(28)26-17-5-2-3-9-24-12-17;/h4,6-8,10,15,17,20,24H,2-3,5,9,12-14H2,1H3,(H,26,28);1H/t15-,17?,20-;/m1./s1. The molecule has 4 rings (SSSR count). The van der Waals surface area contributed by atoms with Gasteiger partial charge in [-0.3, -0.25) is 9.78 Å². The zero-order valence-electron chi connectivity index (χ0n) is 17.1. The van der Waals surface area contributed by atoms with E-state index in [1.54, 1.807) is 12.3 Å². The normalized spacial score (nSPS) is 24.4. The number of benzene rings is 1. The van der Waals surface area contributed by atoms with Crippen molar-refractivity contribution in [3.8, 4) is 6.07 Å². The van der Waals surface area contributed by atoms with E-state index in [0.29, 0.717) is 24.2 Å². The number of aromatic nitrogens is 1. The van der Waals surface area contributed by atoms with Crippen LogP contribution < -0.4 is 15.5 Å². The lowest BCUT2D eigenvalue weighted by molar-refractivity contribution is -0.138.